The molecule has 10 nitrogen and oxygen atoms in total. The zero-order chi connectivity index (χ0) is 23.2. The molecule has 1 aliphatic heterocycles. The van der Waals surface area contributed by atoms with E-state index < -0.39 is 6.03 Å². The molecule has 0 bridgehead atoms. The summed E-state index contributed by atoms with van der Waals surface area (Å²) in [6.07, 6.45) is 1.59. The number of hydrogen-bond acceptors (Lipinski definition) is 7. The lowest BCUT2D eigenvalue weighted by Gasteiger charge is -2.34. The van der Waals surface area contributed by atoms with Gasteiger partial charge in [-0.15, -0.1) is 11.3 Å². The fourth-order valence-corrected chi connectivity index (χ4v) is 4.13. The maximum atomic E-state index is 12.7. The van der Waals surface area contributed by atoms with E-state index in [1.165, 1.54) is 24.7 Å². The van der Waals surface area contributed by atoms with E-state index in [1.807, 2.05) is 6.07 Å². The number of para-hydroxylation sites is 2. The second-order valence-electron chi connectivity index (χ2n) is 7.25. The van der Waals surface area contributed by atoms with Crippen molar-refractivity contribution < 1.29 is 23.5 Å². The van der Waals surface area contributed by atoms with E-state index in [1.54, 1.807) is 45.5 Å². The fraction of sp³-hybridized carbons (Fsp3) is 0.273. The molecule has 0 atom stereocenters. The van der Waals surface area contributed by atoms with Gasteiger partial charge in [0.25, 0.3) is 5.91 Å². The predicted molar refractivity (Wildman–Crippen MR) is 123 cm³/mol. The molecule has 172 valence electrons. The highest BCUT2D eigenvalue weighted by Gasteiger charge is 2.26. The Morgan fingerprint density at radius 3 is 2.55 bits per heavy atom. The molecule has 4 amide bonds. The summed E-state index contributed by atoms with van der Waals surface area (Å²) in [5, 5.41) is 7.51. The molecule has 0 saturated carbocycles. The van der Waals surface area contributed by atoms with Gasteiger partial charge in [-0.25, -0.2) is 9.78 Å². The summed E-state index contributed by atoms with van der Waals surface area (Å²) >= 11 is 1.24. The molecule has 1 aromatic carbocycles. The van der Waals surface area contributed by atoms with Crippen LogP contribution in [-0.4, -0.2) is 65.9 Å². The standard InChI is InChI=1S/C22H23N5O5S/c1-31-17-6-3-2-5-16(17)24-21(30)25-22-23-15(14-33-22)13-19(28)26-8-10-27(11-9-26)20(29)18-7-4-12-32-18/h2-7,12,14H,8-11,13H2,1H3,(H2,23,24,25,30). The highest BCUT2D eigenvalue weighted by atomic mass is 32.1. The molecule has 4 rings (SSSR count). The Hall–Kier alpha value is -3.86. The number of piperazine rings is 1. The first-order chi connectivity index (χ1) is 16.0. The minimum absolute atomic E-state index is 0.0737. The molecule has 33 heavy (non-hydrogen) atoms. The number of nitrogens with one attached hydrogen (secondary N) is 2. The third-order valence-electron chi connectivity index (χ3n) is 5.11. The summed E-state index contributed by atoms with van der Waals surface area (Å²) in [5.74, 6) is 0.597. The highest BCUT2D eigenvalue weighted by molar-refractivity contribution is 7.14. The number of nitrogens with zero attached hydrogens (tertiary/aromatic N) is 3. The Morgan fingerprint density at radius 2 is 1.82 bits per heavy atom. The van der Waals surface area contributed by atoms with Crippen LogP contribution in [0.5, 0.6) is 5.75 Å². The number of furan rings is 1. The lowest BCUT2D eigenvalue weighted by atomic mass is 10.2. The number of methoxy groups -OCH3 is 1. The SMILES string of the molecule is COc1ccccc1NC(=O)Nc1nc(CC(=O)N2CCN(C(=O)c3ccco3)CC2)cs1. The molecule has 2 aromatic heterocycles. The minimum Gasteiger partial charge on any atom is -0.495 e. The Bertz CT molecular complexity index is 1120. The third-order valence-corrected chi connectivity index (χ3v) is 5.92. The van der Waals surface area contributed by atoms with Crippen molar-refractivity contribution in [1.29, 1.82) is 0 Å². The number of benzene rings is 1. The molecule has 2 N–H and O–H groups in total. The summed E-state index contributed by atoms with van der Waals surface area (Å²) < 4.78 is 10.4. The number of urea groups is 1. The van der Waals surface area contributed by atoms with E-state index in [2.05, 4.69) is 15.6 Å². The zero-order valence-corrected chi connectivity index (χ0v) is 18.8. The Morgan fingerprint density at radius 1 is 1.06 bits per heavy atom. The number of aromatic nitrogens is 1. The molecule has 1 aliphatic rings. The van der Waals surface area contributed by atoms with E-state index in [0.717, 1.165) is 0 Å². The van der Waals surface area contributed by atoms with Gasteiger partial charge in [0.1, 0.15) is 5.75 Å². The number of carbonyl (C=O) groups excluding carboxylic acids is 3. The molecule has 0 unspecified atom stereocenters. The number of thiazole rings is 1. The average Bonchev–Trinajstić information content (AvgIpc) is 3.51. The van der Waals surface area contributed by atoms with Gasteiger partial charge < -0.3 is 24.3 Å². The monoisotopic (exact) mass is 469 g/mol. The molecule has 3 aromatic rings. The van der Waals surface area contributed by atoms with Crippen LogP contribution in [0.1, 0.15) is 16.2 Å². The van der Waals surface area contributed by atoms with Crippen LogP contribution < -0.4 is 15.4 Å². The quantitative estimate of drug-likeness (QED) is 0.573. The Kier molecular flexibility index (Phi) is 6.89. The normalized spacial score (nSPS) is 13.5. The van der Waals surface area contributed by atoms with Crippen LogP contribution in [0.3, 0.4) is 0 Å². The zero-order valence-electron chi connectivity index (χ0n) is 17.9. The second-order valence-corrected chi connectivity index (χ2v) is 8.11. The van der Waals surface area contributed by atoms with Crippen LogP contribution in [0.15, 0.2) is 52.5 Å². The maximum Gasteiger partial charge on any atom is 0.325 e. The first-order valence-electron chi connectivity index (χ1n) is 10.3. The number of carbonyl (C=O) groups is 3. The van der Waals surface area contributed by atoms with E-state index in [0.29, 0.717) is 54.2 Å². The van der Waals surface area contributed by atoms with Crippen LogP contribution in [0, 0.1) is 0 Å². The summed E-state index contributed by atoms with van der Waals surface area (Å²) in [6.45, 7) is 1.78. The van der Waals surface area contributed by atoms with Gasteiger partial charge in [0.2, 0.25) is 5.91 Å². The smallest absolute Gasteiger partial charge is 0.325 e. The average molecular weight is 470 g/mol. The Labute approximate surface area is 194 Å². The van der Waals surface area contributed by atoms with Crippen LogP contribution in [0.2, 0.25) is 0 Å². The van der Waals surface area contributed by atoms with Crippen molar-refractivity contribution in [2.75, 3.05) is 43.9 Å². The number of hydrogen-bond donors (Lipinski definition) is 2. The van der Waals surface area contributed by atoms with Gasteiger partial charge in [-0.05, 0) is 24.3 Å². The van der Waals surface area contributed by atoms with E-state index in [4.69, 9.17) is 9.15 Å². The van der Waals surface area contributed by atoms with Crippen molar-refractivity contribution in [2.24, 2.45) is 0 Å². The molecular weight excluding hydrogens is 446 g/mol. The summed E-state index contributed by atoms with van der Waals surface area (Å²) in [5.41, 5.74) is 1.11. The van der Waals surface area contributed by atoms with Crippen molar-refractivity contribution in [3.05, 3.63) is 59.5 Å². The van der Waals surface area contributed by atoms with Gasteiger partial charge in [-0.3, -0.25) is 14.9 Å². The van der Waals surface area contributed by atoms with Crippen LogP contribution in [0.4, 0.5) is 15.6 Å². The van der Waals surface area contributed by atoms with Gasteiger partial charge in [0.15, 0.2) is 10.9 Å². The molecule has 0 radical (unpaired) electrons. The number of ether oxygens (including phenoxy) is 1. The third kappa shape index (κ3) is 5.50. The first kappa shape index (κ1) is 22.3. The lowest BCUT2D eigenvalue weighted by Crippen LogP contribution is -2.50. The van der Waals surface area contributed by atoms with Crippen LogP contribution in [-0.2, 0) is 11.2 Å². The molecule has 1 saturated heterocycles. The van der Waals surface area contributed by atoms with Crippen molar-refractivity contribution in [3.63, 3.8) is 0 Å². The fourth-order valence-electron chi connectivity index (χ4n) is 3.43. The largest absolute Gasteiger partial charge is 0.495 e. The van der Waals surface area contributed by atoms with Gasteiger partial charge in [0, 0.05) is 31.6 Å². The van der Waals surface area contributed by atoms with E-state index >= 15 is 0 Å². The molecule has 11 heteroatoms. The first-order valence-corrected chi connectivity index (χ1v) is 11.2. The molecule has 3 heterocycles. The number of amides is 4. The molecular formula is C22H23N5O5S. The molecule has 0 spiro atoms. The summed E-state index contributed by atoms with van der Waals surface area (Å²) in [4.78, 5) is 45.0. The highest BCUT2D eigenvalue weighted by Crippen LogP contribution is 2.24. The van der Waals surface area contributed by atoms with Crippen molar-refractivity contribution in [1.82, 2.24) is 14.8 Å². The van der Waals surface area contributed by atoms with Gasteiger partial charge in [0.05, 0.1) is 31.2 Å². The van der Waals surface area contributed by atoms with Gasteiger partial charge in [-0.1, -0.05) is 12.1 Å². The Balaban J connectivity index is 1.26. The molecule has 1 fully saturated rings. The van der Waals surface area contributed by atoms with Crippen LogP contribution in [0.25, 0.3) is 0 Å². The summed E-state index contributed by atoms with van der Waals surface area (Å²) in [6, 6.07) is 9.92. The minimum atomic E-state index is -0.455. The molecule has 0 aliphatic carbocycles. The topological polar surface area (TPSA) is 117 Å². The van der Waals surface area contributed by atoms with Crippen LogP contribution >= 0.6 is 11.3 Å². The van der Waals surface area contributed by atoms with E-state index in [-0.39, 0.29) is 18.2 Å². The number of rotatable bonds is 6. The van der Waals surface area contributed by atoms with E-state index in [9.17, 15) is 14.4 Å². The maximum absolute atomic E-state index is 12.7. The van der Waals surface area contributed by atoms with Crippen molar-refractivity contribution in [3.8, 4) is 5.75 Å². The van der Waals surface area contributed by atoms with Crippen molar-refractivity contribution in [2.45, 2.75) is 6.42 Å². The van der Waals surface area contributed by atoms with Gasteiger partial charge >= 0.3 is 6.03 Å². The second kappa shape index (κ2) is 10.2. The summed E-state index contributed by atoms with van der Waals surface area (Å²) in [7, 11) is 1.53. The van der Waals surface area contributed by atoms with Crippen molar-refractivity contribution >= 4 is 40.0 Å². The number of anilines is 2. The lowest BCUT2D eigenvalue weighted by molar-refractivity contribution is -0.132. The predicted octanol–water partition coefficient (Wildman–Crippen LogP) is 2.92. The van der Waals surface area contributed by atoms with Gasteiger partial charge in [-0.2, -0.15) is 0 Å².